The maximum atomic E-state index is 11.3. The van der Waals surface area contributed by atoms with Crippen LogP contribution in [0.4, 0.5) is 0 Å². The monoisotopic (exact) mass is 234 g/mol. The van der Waals surface area contributed by atoms with E-state index in [1.54, 1.807) is 6.92 Å². The van der Waals surface area contributed by atoms with Gasteiger partial charge in [-0.15, -0.1) is 0 Å². The van der Waals surface area contributed by atoms with Crippen LogP contribution >= 0.6 is 0 Å². The summed E-state index contributed by atoms with van der Waals surface area (Å²) < 4.78 is 22.5. The number of likely N-dealkylation sites (tertiary alicyclic amines) is 1. The van der Waals surface area contributed by atoms with Crippen LogP contribution < -0.4 is 5.73 Å². The van der Waals surface area contributed by atoms with Crippen molar-refractivity contribution in [1.29, 1.82) is 0 Å². The van der Waals surface area contributed by atoms with E-state index in [-0.39, 0.29) is 11.8 Å². The van der Waals surface area contributed by atoms with E-state index in [0.717, 1.165) is 38.9 Å². The molecule has 1 heterocycles. The number of hydrogen-bond donors (Lipinski definition) is 1. The molecule has 0 aromatic carbocycles. The Hall–Kier alpha value is -0.130. The van der Waals surface area contributed by atoms with Crippen molar-refractivity contribution in [3.8, 4) is 0 Å². The van der Waals surface area contributed by atoms with E-state index in [2.05, 4.69) is 4.90 Å². The lowest BCUT2D eigenvalue weighted by Gasteiger charge is -2.30. The van der Waals surface area contributed by atoms with Crippen LogP contribution in [0.25, 0.3) is 0 Å². The van der Waals surface area contributed by atoms with Gasteiger partial charge < -0.3 is 10.6 Å². The van der Waals surface area contributed by atoms with E-state index in [4.69, 9.17) is 5.73 Å². The second-order valence-corrected chi connectivity index (χ2v) is 6.77. The maximum Gasteiger partial charge on any atom is 0.150 e. The Labute approximate surface area is 92.7 Å². The Balaban J connectivity index is 2.20. The molecule has 1 fully saturated rings. The standard InChI is InChI=1S/C10H22N2O2S/c1-2-15(13,14)8-4-7-12-6-3-5-10(11)9-12/h10H,2-9,11H2,1H3. The summed E-state index contributed by atoms with van der Waals surface area (Å²) in [4.78, 5) is 2.28. The van der Waals surface area contributed by atoms with Crippen molar-refractivity contribution >= 4 is 9.84 Å². The first kappa shape index (κ1) is 12.9. The first-order valence-corrected chi connectivity index (χ1v) is 7.54. The van der Waals surface area contributed by atoms with Gasteiger partial charge in [-0.3, -0.25) is 0 Å². The third kappa shape index (κ3) is 4.95. The molecule has 90 valence electrons. The molecule has 0 aromatic heterocycles. The summed E-state index contributed by atoms with van der Waals surface area (Å²) in [6.45, 7) is 4.56. The number of sulfone groups is 1. The summed E-state index contributed by atoms with van der Waals surface area (Å²) in [5.41, 5.74) is 5.85. The molecule has 1 unspecified atom stereocenters. The average molecular weight is 234 g/mol. The van der Waals surface area contributed by atoms with Crippen molar-refractivity contribution in [1.82, 2.24) is 4.90 Å². The lowest BCUT2D eigenvalue weighted by molar-refractivity contribution is 0.210. The predicted molar refractivity (Wildman–Crippen MR) is 62.6 cm³/mol. The summed E-state index contributed by atoms with van der Waals surface area (Å²) in [6, 6.07) is 0.279. The topological polar surface area (TPSA) is 63.4 Å². The van der Waals surface area contributed by atoms with Gasteiger partial charge >= 0.3 is 0 Å². The zero-order valence-electron chi connectivity index (χ0n) is 9.48. The lowest BCUT2D eigenvalue weighted by atomic mass is 10.1. The normalized spacial score (nSPS) is 24.3. The summed E-state index contributed by atoms with van der Waals surface area (Å²) >= 11 is 0. The minimum Gasteiger partial charge on any atom is -0.327 e. The van der Waals surface area contributed by atoms with Crippen LogP contribution in [-0.2, 0) is 9.84 Å². The van der Waals surface area contributed by atoms with E-state index in [1.165, 1.54) is 0 Å². The van der Waals surface area contributed by atoms with E-state index in [1.807, 2.05) is 0 Å². The SMILES string of the molecule is CCS(=O)(=O)CCCN1CCCC(N)C1. The zero-order chi connectivity index (χ0) is 11.3. The molecule has 5 heteroatoms. The van der Waals surface area contributed by atoms with E-state index in [9.17, 15) is 8.42 Å². The molecule has 0 radical (unpaired) electrons. The number of piperidine rings is 1. The minimum absolute atomic E-state index is 0.256. The van der Waals surface area contributed by atoms with Gasteiger partial charge in [-0.1, -0.05) is 6.92 Å². The molecule has 2 N–H and O–H groups in total. The first-order chi connectivity index (χ1) is 7.03. The van der Waals surface area contributed by atoms with Gasteiger partial charge in [0.05, 0.1) is 5.75 Å². The number of rotatable bonds is 5. The molecule has 1 aliphatic rings. The van der Waals surface area contributed by atoms with Crippen LogP contribution in [0.1, 0.15) is 26.2 Å². The Kier molecular flexibility index (Phi) is 5.02. The van der Waals surface area contributed by atoms with Gasteiger partial charge in [-0.25, -0.2) is 8.42 Å². The Morgan fingerprint density at radius 2 is 2.20 bits per heavy atom. The molecular weight excluding hydrogens is 212 g/mol. The third-order valence-corrected chi connectivity index (χ3v) is 4.70. The summed E-state index contributed by atoms with van der Waals surface area (Å²) in [5, 5.41) is 0. The highest BCUT2D eigenvalue weighted by molar-refractivity contribution is 7.91. The van der Waals surface area contributed by atoms with Gasteiger partial charge in [0.2, 0.25) is 0 Å². The highest BCUT2D eigenvalue weighted by atomic mass is 32.2. The second-order valence-electron chi connectivity index (χ2n) is 4.29. The third-order valence-electron chi connectivity index (χ3n) is 2.91. The van der Waals surface area contributed by atoms with Crippen molar-refractivity contribution in [2.45, 2.75) is 32.2 Å². The van der Waals surface area contributed by atoms with Crippen LogP contribution in [0, 0.1) is 0 Å². The van der Waals surface area contributed by atoms with E-state index >= 15 is 0 Å². The second kappa shape index (κ2) is 5.82. The lowest BCUT2D eigenvalue weighted by Crippen LogP contribution is -2.43. The molecule has 0 aromatic rings. The van der Waals surface area contributed by atoms with Crippen LogP contribution in [0.3, 0.4) is 0 Å². The minimum atomic E-state index is -2.79. The molecule has 0 amide bonds. The van der Waals surface area contributed by atoms with Crippen molar-refractivity contribution in [3.05, 3.63) is 0 Å². The molecule has 4 nitrogen and oxygen atoms in total. The molecule has 15 heavy (non-hydrogen) atoms. The van der Waals surface area contributed by atoms with Crippen molar-refractivity contribution in [2.75, 3.05) is 31.1 Å². The van der Waals surface area contributed by atoms with Crippen LogP contribution in [0.2, 0.25) is 0 Å². The summed E-state index contributed by atoms with van der Waals surface area (Å²) in [7, 11) is -2.79. The fourth-order valence-electron chi connectivity index (χ4n) is 1.95. The van der Waals surface area contributed by atoms with Gasteiger partial charge in [0, 0.05) is 18.3 Å². The van der Waals surface area contributed by atoms with Crippen LogP contribution in [0.5, 0.6) is 0 Å². The fraction of sp³-hybridized carbons (Fsp3) is 1.00. The van der Waals surface area contributed by atoms with Crippen LogP contribution in [0.15, 0.2) is 0 Å². The van der Waals surface area contributed by atoms with Gasteiger partial charge in [0.15, 0.2) is 0 Å². The number of nitrogens with zero attached hydrogens (tertiary/aromatic N) is 1. The van der Waals surface area contributed by atoms with Gasteiger partial charge in [0.1, 0.15) is 9.84 Å². The predicted octanol–water partition coefficient (Wildman–Crippen LogP) is 0.234. The molecule has 1 atom stereocenters. The highest BCUT2D eigenvalue weighted by Gasteiger charge is 2.16. The maximum absolute atomic E-state index is 11.3. The molecule has 0 bridgehead atoms. The average Bonchev–Trinajstić information content (AvgIpc) is 2.18. The molecular formula is C10H22N2O2S. The molecule has 0 aliphatic carbocycles. The fourth-order valence-corrected chi connectivity index (χ4v) is 2.80. The summed E-state index contributed by atoms with van der Waals surface area (Å²) in [6.07, 6.45) is 2.98. The largest absolute Gasteiger partial charge is 0.327 e. The first-order valence-electron chi connectivity index (χ1n) is 5.72. The molecule has 1 rings (SSSR count). The van der Waals surface area contributed by atoms with E-state index in [0.29, 0.717) is 5.75 Å². The van der Waals surface area contributed by atoms with Gasteiger partial charge in [0.25, 0.3) is 0 Å². The molecule has 0 saturated carbocycles. The Morgan fingerprint density at radius 1 is 1.47 bits per heavy atom. The zero-order valence-corrected chi connectivity index (χ0v) is 10.3. The number of hydrogen-bond acceptors (Lipinski definition) is 4. The quantitative estimate of drug-likeness (QED) is 0.740. The smallest absolute Gasteiger partial charge is 0.150 e. The van der Waals surface area contributed by atoms with Gasteiger partial charge in [-0.2, -0.15) is 0 Å². The Bertz CT molecular complexity index is 277. The van der Waals surface area contributed by atoms with Crippen molar-refractivity contribution in [2.24, 2.45) is 5.73 Å². The van der Waals surface area contributed by atoms with Crippen molar-refractivity contribution in [3.63, 3.8) is 0 Å². The Morgan fingerprint density at radius 3 is 2.80 bits per heavy atom. The molecule has 1 saturated heterocycles. The number of nitrogens with two attached hydrogens (primary N) is 1. The van der Waals surface area contributed by atoms with Crippen LogP contribution in [-0.4, -0.2) is 50.5 Å². The highest BCUT2D eigenvalue weighted by Crippen LogP contribution is 2.08. The van der Waals surface area contributed by atoms with Gasteiger partial charge in [-0.05, 0) is 32.4 Å². The van der Waals surface area contributed by atoms with Crippen molar-refractivity contribution < 1.29 is 8.42 Å². The molecule has 0 spiro atoms. The summed E-state index contributed by atoms with van der Waals surface area (Å²) in [5.74, 6) is 0.571. The molecule has 1 aliphatic heterocycles. The van der Waals surface area contributed by atoms with E-state index < -0.39 is 9.84 Å².